The molecule has 0 aliphatic carbocycles. The molecule has 1 fully saturated rings. The molecule has 0 radical (unpaired) electrons. The van der Waals surface area contributed by atoms with Crippen LogP contribution in [0.3, 0.4) is 0 Å². The molecule has 150 valence electrons. The molecule has 3 rings (SSSR count). The van der Waals surface area contributed by atoms with Crippen molar-refractivity contribution in [2.75, 3.05) is 18.5 Å². The fourth-order valence-electron chi connectivity index (χ4n) is 2.75. The Morgan fingerprint density at radius 3 is 2.46 bits per heavy atom. The van der Waals surface area contributed by atoms with E-state index in [0.29, 0.717) is 0 Å². The second kappa shape index (κ2) is 7.40. The molecule has 2 aromatic rings. The molecule has 0 spiro atoms. The highest BCUT2D eigenvalue weighted by Gasteiger charge is 2.39. The lowest BCUT2D eigenvalue weighted by atomic mass is 10.0. The van der Waals surface area contributed by atoms with Gasteiger partial charge in [-0.15, -0.1) is 0 Å². The van der Waals surface area contributed by atoms with Crippen LogP contribution < -0.4 is 10.0 Å². The maximum absolute atomic E-state index is 15.0. The average molecular weight is 431 g/mol. The number of hydrogen-bond donors (Lipinski definition) is 2. The summed E-state index contributed by atoms with van der Waals surface area (Å²) in [6.45, 7) is 3.43. The molecule has 0 aromatic heterocycles. The molecule has 1 saturated heterocycles. The monoisotopic (exact) mass is 430 g/mol. The third kappa shape index (κ3) is 4.02. The molecule has 0 atom stereocenters. The fraction of sp³-hybridized carbons (Fsp3) is 0.278. The van der Waals surface area contributed by atoms with Gasteiger partial charge in [0.1, 0.15) is 10.7 Å². The van der Waals surface area contributed by atoms with Gasteiger partial charge >= 0.3 is 0 Å². The Balaban J connectivity index is 1.94. The lowest BCUT2D eigenvalue weighted by Gasteiger charge is -2.38. The van der Waals surface area contributed by atoms with Crippen LogP contribution in [-0.2, 0) is 14.8 Å². The number of nitrogens with one attached hydrogen (secondary N) is 2. The number of ether oxygens (including phenoxy) is 1. The number of hydrogen-bond acceptors (Lipinski definition) is 4. The normalized spacial score (nSPS) is 15.8. The minimum atomic E-state index is -4.22. The van der Waals surface area contributed by atoms with E-state index in [-0.39, 0.29) is 29.5 Å². The summed E-state index contributed by atoms with van der Waals surface area (Å²) in [5, 5.41) is 2.18. The number of anilines is 1. The zero-order chi connectivity index (χ0) is 20.7. The van der Waals surface area contributed by atoms with Crippen LogP contribution in [0, 0.1) is 18.6 Å². The summed E-state index contributed by atoms with van der Waals surface area (Å²) in [6, 6.07) is 5.91. The first kappa shape index (κ1) is 20.7. The Bertz CT molecular complexity index is 1060. The summed E-state index contributed by atoms with van der Waals surface area (Å²) >= 11 is 5.67. The van der Waals surface area contributed by atoms with E-state index in [1.807, 2.05) is 0 Å². The minimum absolute atomic E-state index is 0.140. The molecule has 1 heterocycles. The molecule has 28 heavy (non-hydrogen) atoms. The summed E-state index contributed by atoms with van der Waals surface area (Å²) in [7, 11) is -4.22. The van der Waals surface area contributed by atoms with Gasteiger partial charge in [-0.3, -0.25) is 4.79 Å². The lowest BCUT2D eigenvalue weighted by molar-refractivity contribution is -0.0523. The largest absolute Gasteiger partial charge is 0.377 e. The first-order valence-corrected chi connectivity index (χ1v) is 10.1. The number of amides is 1. The second-order valence-corrected chi connectivity index (χ2v) is 8.87. The van der Waals surface area contributed by atoms with Crippen LogP contribution in [0.5, 0.6) is 0 Å². The Morgan fingerprint density at radius 1 is 1.21 bits per heavy atom. The highest BCUT2D eigenvalue weighted by Crippen LogP contribution is 2.26. The summed E-state index contributed by atoms with van der Waals surface area (Å²) in [5.74, 6) is -2.73. The van der Waals surface area contributed by atoms with Crippen molar-refractivity contribution >= 4 is 33.2 Å². The van der Waals surface area contributed by atoms with Crippen molar-refractivity contribution < 1.29 is 26.7 Å². The zero-order valence-electron chi connectivity index (χ0n) is 15.0. The number of benzene rings is 2. The van der Waals surface area contributed by atoms with Gasteiger partial charge in [-0.1, -0.05) is 17.7 Å². The van der Waals surface area contributed by atoms with E-state index in [2.05, 4.69) is 10.0 Å². The molecule has 0 unspecified atom stereocenters. The molecular formula is C18H17ClF2N2O4S. The topological polar surface area (TPSA) is 84.5 Å². The SMILES string of the molecule is Cc1ccc(S(=O)(=O)NC2(C)COC2)c(F)c1C(=O)Nc1ccc(F)c(Cl)c1. The van der Waals surface area contributed by atoms with E-state index in [4.69, 9.17) is 16.3 Å². The van der Waals surface area contributed by atoms with Crippen molar-refractivity contribution in [3.63, 3.8) is 0 Å². The molecule has 1 aliphatic heterocycles. The van der Waals surface area contributed by atoms with Crippen LogP contribution in [0.15, 0.2) is 35.2 Å². The van der Waals surface area contributed by atoms with Crippen molar-refractivity contribution in [2.24, 2.45) is 0 Å². The summed E-state index contributed by atoms with van der Waals surface area (Å²) < 4.78 is 60.8. The van der Waals surface area contributed by atoms with E-state index < -0.39 is 43.6 Å². The van der Waals surface area contributed by atoms with Gasteiger partial charge in [0.15, 0.2) is 5.82 Å². The van der Waals surface area contributed by atoms with E-state index in [1.165, 1.54) is 25.1 Å². The van der Waals surface area contributed by atoms with Crippen molar-refractivity contribution in [1.82, 2.24) is 4.72 Å². The second-order valence-electron chi connectivity index (χ2n) is 6.81. The summed E-state index contributed by atoms with van der Waals surface area (Å²) in [5.41, 5.74) is -0.886. The molecule has 6 nitrogen and oxygen atoms in total. The first-order valence-electron chi connectivity index (χ1n) is 8.20. The Morgan fingerprint density at radius 2 is 1.89 bits per heavy atom. The molecule has 2 N–H and O–H groups in total. The van der Waals surface area contributed by atoms with Crippen LogP contribution >= 0.6 is 11.6 Å². The first-order chi connectivity index (χ1) is 13.0. The van der Waals surface area contributed by atoms with Crippen LogP contribution in [0.25, 0.3) is 0 Å². The van der Waals surface area contributed by atoms with E-state index >= 15 is 4.39 Å². The van der Waals surface area contributed by atoms with Gasteiger partial charge in [0, 0.05) is 5.69 Å². The smallest absolute Gasteiger partial charge is 0.258 e. The van der Waals surface area contributed by atoms with Crippen molar-refractivity contribution in [1.29, 1.82) is 0 Å². The van der Waals surface area contributed by atoms with Crippen molar-refractivity contribution in [3.05, 3.63) is 58.1 Å². The maximum Gasteiger partial charge on any atom is 0.258 e. The Hall–Kier alpha value is -2.07. The summed E-state index contributed by atoms with van der Waals surface area (Å²) in [6.07, 6.45) is 0. The molecular weight excluding hydrogens is 414 g/mol. The lowest BCUT2D eigenvalue weighted by Crippen LogP contribution is -2.59. The van der Waals surface area contributed by atoms with Gasteiger partial charge in [0.05, 0.1) is 29.3 Å². The van der Waals surface area contributed by atoms with Gasteiger partial charge in [0.2, 0.25) is 10.0 Å². The molecule has 1 amide bonds. The molecule has 0 bridgehead atoms. The standard InChI is InChI=1S/C18H17ClF2N2O4S/c1-10-3-6-14(28(25,26)23-18(2)8-27-9-18)16(21)15(10)17(24)22-11-4-5-13(20)12(19)7-11/h3-7,23H,8-9H2,1-2H3,(H,22,24). The predicted octanol–water partition coefficient (Wildman–Crippen LogP) is 3.25. The van der Waals surface area contributed by atoms with Gasteiger partial charge in [-0.2, -0.15) is 0 Å². The molecule has 1 aliphatic rings. The van der Waals surface area contributed by atoms with Gasteiger partial charge < -0.3 is 10.1 Å². The fourth-order valence-corrected chi connectivity index (χ4v) is 4.40. The van der Waals surface area contributed by atoms with E-state index in [0.717, 1.165) is 12.1 Å². The molecule has 10 heteroatoms. The van der Waals surface area contributed by atoms with Crippen LogP contribution in [0.1, 0.15) is 22.8 Å². The third-order valence-corrected chi connectivity index (χ3v) is 6.18. The Labute approximate surface area is 165 Å². The number of rotatable bonds is 5. The van der Waals surface area contributed by atoms with Crippen molar-refractivity contribution in [2.45, 2.75) is 24.3 Å². The quantitative estimate of drug-likeness (QED) is 0.762. The average Bonchev–Trinajstić information content (AvgIpc) is 2.56. The molecule has 2 aromatic carbocycles. The number of carbonyl (C=O) groups is 1. The third-order valence-electron chi connectivity index (χ3n) is 4.23. The highest BCUT2D eigenvalue weighted by molar-refractivity contribution is 7.89. The number of sulfonamides is 1. The number of carbonyl (C=O) groups excluding carboxylic acids is 1. The predicted molar refractivity (Wildman–Crippen MR) is 100 cm³/mol. The van der Waals surface area contributed by atoms with E-state index in [1.54, 1.807) is 6.92 Å². The van der Waals surface area contributed by atoms with Crippen LogP contribution in [0.4, 0.5) is 14.5 Å². The van der Waals surface area contributed by atoms with E-state index in [9.17, 15) is 17.6 Å². The number of halogens is 3. The minimum Gasteiger partial charge on any atom is -0.377 e. The summed E-state index contributed by atoms with van der Waals surface area (Å²) in [4.78, 5) is 11.9. The van der Waals surface area contributed by atoms with Gasteiger partial charge in [-0.05, 0) is 43.7 Å². The van der Waals surface area contributed by atoms with Crippen LogP contribution in [0.2, 0.25) is 5.02 Å². The van der Waals surface area contributed by atoms with Crippen LogP contribution in [-0.4, -0.2) is 33.1 Å². The highest BCUT2D eigenvalue weighted by atomic mass is 35.5. The van der Waals surface area contributed by atoms with Crippen molar-refractivity contribution in [3.8, 4) is 0 Å². The zero-order valence-corrected chi connectivity index (χ0v) is 16.5. The van der Waals surface area contributed by atoms with Gasteiger partial charge in [-0.25, -0.2) is 21.9 Å². The molecule has 0 saturated carbocycles. The maximum atomic E-state index is 15.0. The number of aryl methyl sites for hydroxylation is 1. The Kier molecular flexibility index (Phi) is 5.46. The van der Waals surface area contributed by atoms with Gasteiger partial charge in [0.25, 0.3) is 5.91 Å².